The van der Waals surface area contributed by atoms with E-state index in [1.807, 2.05) is 24.3 Å². The number of ether oxygens (including phenoxy) is 3. The number of benzene rings is 4. The van der Waals surface area contributed by atoms with Gasteiger partial charge < -0.3 is 19.5 Å². The Bertz CT molecular complexity index is 1640. The molecular weight excluding hydrogens is 619 g/mol. The summed E-state index contributed by atoms with van der Waals surface area (Å²) in [6.07, 6.45) is 1.49. The molecule has 1 N–H and O–H groups in total. The fraction of sp³-hybridized carbons (Fsp3) is 0.156. The maximum atomic E-state index is 12.8. The molecule has 0 fully saturated rings. The number of anilines is 1. The zero-order chi connectivity index (χ0) is 28.6. The zero-order valence-corrected chi connectivity index (χ0v) is 24.4. The highest BCUT2D eigenvalue weighted by molar-refractivity contribution is 14.1. The summed E-state index contributed by atoms with van der Waals surface area (Å²) >= 11 is 2.16. The van der Waals surface area contributed by atoms with Gasteiger partial charge in [-0.3, -0.25) is 4.79 Å². The second-order valence-electron chi connectivity index (χ2n) is 8.83. The molecule has 0 bridgehead atoms. The molecule has 0 saturated carbocycles. The first-order valence-corrected chi connectivity index (χ1v) is 13.6. The monoisotopic (exact) mass is 646 g/mol. The van der Waals surface area contributed by atoms with Crippen molar-refractivity contribution in [3.05, 3.63) is 104 Å². The molecule has 0 aliphatic rings. The SMILES string of the molecule is CCOC(=O)c1ccc(NC(=O)/C(C#N)=C/c2cc(I)c(OCc3c(C)ccc4ccccc34)c(OC)c2)cc1. The third kappa shape index (κ3) is 6.61. The van der Waals surface area contributed by atoms with E-state index in [1.165, 1.54) is 6.08 Å². The van der Waals surface area contributed by atoms with Crippen LogP contribution < -0.4 is 14.8 Å². The zero-order valence-electron chi connectivity index (χ0n) is 22.3. The lowest BCUT2D eigenvalue weighted by Crippen LogP contribution is -2.13. The normalized spacial score (nSPS) is 11.0. The maximum absolute atomic E-state index is 12.8. The van der Waals surface area contributed by atoms with E-state index in [-0.39, 0.29) is 12.2 Å². The molecule has 202 valence electrons. The number of carbonyl (C=O) groups is 2. The molecule has 8 heteroatoms. The summed E-state index contributed by atoms with van der Waals surface area (Å²) in [6.45, 7) is 4.42. The Morgan fingerprint density at radius 2 is 1.80 bits per heavy atom. The van der Waals surface area contributed by atoms with Crippen LogP contribution in [0.3, 0.4) is 0 Å². The fourth-order valence-electron chi connectivity index (χ4n) is 4.16. The number of nitrogens with one attached hydrogen (secondary N) is 1. The van der Waals surface area contributed by atoms with E-state index in [1.54, 1.807) is 44.4 Å². The van der Waals surface area contributed by atoms with Gasteiger partial charge in [-0.25, -0.2) is 4.79 Å². The Kier molecular flexibility index (Phi) is 9.40. The van der Waals surface area contributed by atoms with Crippen LogP contribution in [-0.4, -0.2) is 25.6 Å². The van der Waals surface area contributed by atoms with E-state index in [0.717, 1.165) is 25.5 Å². The molecule has 0 radical (unpaired) electrons. The standard InChI is InChI=1S/C32H27IN2O5/c1-4-39-32(37)23-11-13-25(14-12-23)35-31(36)24(18-34)15-21-16-28(33)30(29(17-21)38-3)40-19-27-20(2)9-10-22-7-5-6-8-26(22)27/h5-17H,4,19H2,1-3H3,(H,35,36)/b24-15+. The summed E-state index contributed by atoms with van der Waals surface area (Å²) < 4.78 is 17.6. The van der Waals surface area contributed by atoms with Crippen molar-refractivity contribution in [2.45, 2.75) is 20.5 Å². The van der Waals surface area contributed by atoms with E-state index in [0.29, 0.717) is 34.9 Å². The predicted octanol–water partition coefficient (Wildman–Crippen LogP) is 7.06. The molecule has 0 aromatic heterocycles. The van der Waals surface area contributed by atoms with Gasteiger partial charge in [-0.1, -0.05) is 36.4 Å². The number of halogens is 1. The summed E-state index contributed by atoms with van der Waals surface area (Å²) in [5.74, 6) is 0.0499. The first-order chi connectivity index (χ1) is 19.3. The fourth-order valence-corrected chi connectivity index (χ4v) is 4.94. The van der Waals surface area contributed by atoms with Gasteiger partial charge in [-0.05, 0) is 101 Å². The number of fused-ring (bicyclic) bond motifs is 1. The molecule has 1 amide bonds. The number of amides is 1. The summed E-state index contributed by atoms with van der Waals surface area (Å²) in [5, 5.41) is 14.7. The van der Waals surface area contributed by atoms with Crippen LogP contribution in [0.15, 0.2) is 78.4 Å². The minimum absolute atomic E-state index is 0.0904. The first-order valence-electron chi connectivity index (χ1n) is 12.5. The molecule has 0 aliphatic carbocycles. The molecule has 0 heterocycles. The van der Waals surface area contributed by atoms with Crippen LogP contribution in [0.25, 0.3) is 16.8 Å². The molecule has 4 aromatic rings. The Hall–Kier alpha value is -4.36. The van der Waals surface area contributed by atoms with Gasteiger partial charge in [0.2, 0.25) is 0 Å². The molecule has 0 atom stereocenters. The number of nitriles is 1. The van der Waals surface area contributed by atoms with Gasteiger partial charge >= 0.3 is 5.97 Å². The molecule has 4 rings (SSSR count). The van der Waals surface area contributed by atoms with Crippen molar-refractivity contribution in [3.8, 4) is 17.6 Å². The van der Waals surface area contributed by atoms with Crippen molar-refractivity contribution in [2.24, 2.45) is 0 Å². The molecule has 40 heavy (non-hydrogen) atoms. The Morgan fingerprint density at radius 3 is 2.50 bits per heavy atom. The molecular formula is C32H27IN2O5. The van der Waals surface area contributed by atoms with E-state index in [4.69, 9.17) is 14.2 Å². The van der Waals surface area contributed by atoms with Crippen LogP contribution in [0.4, 0.5) is 5.69 Å². The van der Waals surface area contributed by atoms with Gasteiger partial charge in [-0.2, -0.15) is 5.26 Å². The van der Waals surface area contributed by atoms with Gasteiger partial charge in [-0.15, -0.1) is 0 Å². The van der Waals surface area contributed by atoms with Crippen LogP contribution in [-0.2, 0) is 16.1 Å². The van der Waals surface area contributed by atoms with E-state index in [2.05, 4.69) is 59.1 Å². The average molecular weight is 646 g/mol. The summed E-state index contributed by atoms with van der Waals surface area (Å²) in [4.78, 5) is 24.7. The number of aryl methyl sites for hydroxylation is 1. The number of methoxy groups -OCH3 is 1. The van der Waals surface area contributed by atoms with Gasteiger partial charge in [0.25, 0.3) is 5.91 Å². The number of rotatable bonds is 9. The highest BCUT2D eigenvalue weighted by Crippen LogP contribution is 2.36. The molecule has 0 unspecified atom stereocenters. The van der Waals surface area contributed by atoms with Gasteiger partial charge in [0.05, 0.1) is 22.9 Å². The number of nitrogens with zero attached hydrogens (tertiary/aromatic N) is 1. The van der Waals surface area contributed by atoms with Crippen LogP contribution in [0.5, 0.6) is 11.5 Å². The molecule has 0 spiro atoms. The quantitative estimate of drug-likeness (QED) is 0.0905. The lowest BCUT2D eigenvalue weighted by atomic mass is 10.0. The second kappa shape index (κ2) is 13.1. The van der Waals surface area contributed by atoms with Crippen molar-refractivity contribution >= 4 is 57.0 Å². The van der Waals surface area contributed by atoms with Crippen LogP contribution in [0, 0.1) is 21.8 Å². The van der Waals surface area contributed by atoms with E-state index < -0.39 is 11.9 Å². The smallest absolute Gasteiger partial charge is 0.338 e. The lowest BCUT2D eigenvalue weighted by Gasteiger charge is -2.16. The molecule has 0 saturated heterocycles. The third-order valence-corrected chi connectivity index (χ3v) is 7.02. The van der Waals surface area contributed by atoms with Crippen molar-refractivity contribution in [2.75, 3.05) is 19.0 Å². The largest absolute Gasteiger partial charge is 0.493 e. The van der Waals surface area contributed by atoms with E-state index >= 15 is 0 Å². The molecule has 7 nitrogen and oxygen atoms in total. The van der Waals surface area contributed by atoms with Crippen LogP contribution in [0.1, 0.15) is 34.0 Å². The first kappa shape index (κ1) is 28.6. The Balaban J connectivity index is 1.53. The van der Waals surface area contributed by atoms with Gasteiger partial charge in [0.15, 0.2) is 11.5 Å². The minimum Gasteiger partial charge on any atom is -0.493 e. The van der Waals surface area contributed by atoms with Crippen molar-refractivity contribution in [3.63, 3.8) is 0 Å². The van der Waals surface area contributed by atoms with E-state index in [9.17, 15) is 14.9 Å². The van der Waals surface area contributed by atoms with Gasteiger partial charge in [0, 0.05) is 11.3 Å². The van der Waals surface area contributed by atoms with Crippen molar-refractivity contribution in [1.29, 1.82) is 5.26 Å². The van der Waals surface area contributed by atoms with Crippen molar-refractivity contribution in [1.82, 2.24) is 0 Å². The minimum atomic E-state index is -0.577. The number of carbonyl (C=O) groups excluding carboxylic acids is 2. The van der Waals surface area contributed by atoms with Crippen LogP contribution >= 0.6 is 22.6 Å². The summed E-state index contributed by atoms with van der Waals surface area (Å²) in [7, 11) is 1.55. The lowest BCUT2D eigenvalue weighted by molar-refractivity contribution is -0.112. The average Bonchev–Trinajstić information content (AvgIpc) is 2.96. The molecule has 4 aromatic carbocycles. The topological polar surface area (TPSA) is 97.7 Å². The number of hydrogen-bond donors (Lipinski definition) is 1. The number of hydrogen-bond acceptors (Lipinski definition) is 6. The second-order valence-corrected chi connectivity index (χ2v) is 9.99. The summed E-state index contributed by atoms with van der Waals surface area (Å²) in [5.41, 5.74) is 3.56. The van der Waals surface area contributed by atoms with Gasteiger partial charge in [0.1, 0.15) is 18.2 Å². The maximum Gasteiger partial charge on any atom is 0.338 e. The number of esters is 1. The Morgan fingerprint density at radius 1 is 1.05 bits per heavy atom. The third-order valence-electron chi connectivity index (χ3n) is 6.22. The predicted molar refractivity (Wildman–Crippen MR) is 163 cm³/mol. The van der Waals surface area contributed by atoms with Crippen molar-refractivity contribution < 1.29 is 23.8 Å². The summed E-state index contributed by atoms with van der Waals surface area (Å²) in [6, 6.07) is 24.1. The highest BCUT2D eigenvalue weighted by atomic mass is 127. The molecule has 0 aliphatic heterocycles. The van der Waals surface area contributed by atoms with Crippen LogP contribution in [0.2, 0.25) is 0 Å². The Labute approximate surface area is 246 Å². The highest BCUT2D eigenvalue weighted by Gasteiger charge is 2.16.